The van der Waals surface area contributed by atoms with E-state index < -0.39 is 0 Å². The highest BCUT2D eigenvalue weighted by molar-refractivity contribution is 5.72. The molecule has 0 aliphatic carbocycles. The van der Waals surface area contributed by atoms with Crippen LogP contribution in [0.4, 0.5) is 0 Å². The summed E-state index contributed by atoms with van der Waals surface area (Å²) in [4.78, 5) is 10.8. The molecule has 1 amide bonds. The smallest absolute Gasteiger partial charge is 0.216 e. The van der Waals surface area contributed by atoms with Crippen LogP contribution in [0.25, 0.3) is 0 Å². The predicted molar refractivity (Wildman–Crippen MR) is 102 cm³/mol. The van der Waals surface area contributed by atoms with E-state index >= 15 is 0 Å². The number of amides is 1. The summed E-state index contributed by atoms with van der Waals surface area (Å²) < 4.78 is 24.0. The molecule has 1 saturated heterocycles. The zero-order chi connectivity index (χ0) is 19.5. The maximum absolute atomic E-state index is 10.8. The quantitative estimate of drug-likeness (QED) is 0.503. The molecule has 0 aromatic carbocycles. The third-order valence-electron chi connectivity index (χ3n) is 4.32. The number of nitrogens with one attached hydrogen (secondary N) is 1. The number of ether oxygens (including phenoxy) is 4. The predicted octanol–water partition coefficient (Wildman–Crippen LogP) is 3.07. The molecule has 0 aromatic rings. The van der Waals surface area contributed by atoms with Gasteiger partial charge in [0.2, 0.25) is 5.91 Å². The van der Waals surface area contributed by atoms with Crippen LogP contribution in [0, 0.1) is 0 Å². The topological polar surface area (TPSA) is 66.0 Å². The highest BCUT2D eigenvalue weighted by Crippen LogP contribution is 2.28. The lowest BCUT2D eigenvalue weighted by atomic mass is 10.1. The number of unbranched alkanes of at least 4 members (excludes halogenated alkanes) is 3. The largest absolute Gasteiger partial charge is 0.376 e. The van der Waals surface area contributed by atoms with Gasteiger partial charge in [-0.05, 0) is 47.5 Å². The summed E-state index contributed by atoms with van der Waals surface area (Å²) in [7, 11) is 0. The Morgan fingerprint density at radius 3 is 2.35 bits per heavy atom. The highest BCUT2D eigenvalue weighted by Gasteiger charge is 2.44. The second-order valence-corrected chi connectivity index (χ2v) is 7.64. The molecule has 1 aliphatic heterocycles. The normalized spacial score (nSPS) is 26.0. The van der Waals surface area contributed by atoms with E-state index in [1.54, 1.807) is 6.92 Å². The van der Waals surface area contributed by atoms with E-state index in [1.165, 1.54) is 0 Å². The molecule has 0 bridgehead atoms. The lowest BCUT2D eigenvalue weighted by Gasteiger charge is -2.26. The van der Waals surface area contributed by atoms with Crippen molar-refractivity contribution in [2.75, 3.05) is 19.8 Å². The molecule has 26 heavy (non-hydrogen) atoms. The van der Waals surface area contributed by atoms with Crippen LogP contribution >= 0.6 is 0 Å². The lowest BCUT2D eigenvalue weighted by molar-refractivity contribution is -0.118. The van der Waals surface area contributed by atoms with Gasteiger partial charge in [-0.2, -0.15) is 0 Å². The first kappa shape index (κ1) is 23.3. The van der Waals surface area contributed by atoms with Crippen molar-refractivity contribution in [3.8, 4) is 0 Å². The van der Waals surface area contributed by atoms with Gasteiger partial charge in [-0.1, -0.05) is 12.8 Å². The van der Waals surface area contributed by atoms with E-state index in [-0.39, 0.29) is 42.5 Å². The molecule has 1 aliphatic rings. The van der Waals surface area contributed by atoms with Crippen molar-refractivity contribution in [1.29, 1.82) is 0 Å². The van der Waals surface area contributed by atoms with Crippen LogP contribution in [0.2, 0.25) is 0 Å². The van der Waals surface area contributed by atoms with Gasteiger partial charge in [-0.15, -0.1) is 0 Å². The zero-order valence-corrected chi connectivity index (χ0v) is 17.5. The summed E-state index contributed by atoms with van der Waals surface area (Å²) >= 11 is 0. The Morgan fingerprint density at radius 2 is 1.73 bits per heavy atom. The zero-order valence-electron chi connectivity index (χ0n) is 17.5. The number of carbonyl (C=O) groups is 1. The summed E-state index contributed by atoms with van der Waals surface area (Å²) in [6.45, 7) is 13.7. The van der Waals surface area contributed by atoms with Crippen molar-refractivity contribution in [1.82, 2.24) is 5.32 Å². The molecule has 1 fully saturated rings. The molecule has 4 atom stereocenters. The van der Waals surface area contributed by atoms with Crippen molar-refractivity contribution >= 4 is 5.91 Å². The molecular formula is C20H39NO5. The summed E-state index contributed by atoms with van der Waals surface area (Å²) in [5, 5.41) is 2.82. The van der Waals surface area contributed by atoms with Crippen molar-refractivity contribution in [3.63, 3.8) is 0 Å². The molecule has 1 N–H and O–H groups in total. The molecule has 154 valence electrons. The summed E-state index contributed by atoms with van der Waals surface area (Å²) in [6.07, 6.45) is 4.26. The van der Waals surface area contributed by atoms with Crippen LogP contribution in [0.1, 0.15) is 67.2 Å². The number of rotatable bonds is 13. The third-order valence-corrected chi connectivity index (χ3v) is 4.32. The Hall–Kier alpha value is -0.690. The molecule has 6 nitrogen and oxygen atoms in total. The first-order valence-electron chi connectivity index (χ1n) is 10.1. The Balaban J connectivity index is 2.33. The second kappa shape index (κ2) is 12.7. The monoisotopic (exact) mass is 373 g/mol. The van der Waals surface area contributed by atoms with Gasteiger partial charge in [-0.3, -0.25) is 4.79 Å². The van der Waals surface area contributed by atoms with Gasteiger partial charge in [0.05, 0.1) is 24.9 Å². The minimum absolute atomic E-state index is 0.000668. The minimum atomic E-state index is -0.0940. The van der Waals surface area contributed by atoms with Gasteiger partial charge in [0, 0.05) is 20.1 Å². The third kappa shape index (κ3) is 9.31. The fourth-order valence-corrected chi connectivity index (χ4v) is 3.10. The van der Waals surface area contributed by atoms with E-state index in [0.717, 1.165) is 32.2 Å². The van der Waals surface area contributed by atoms with E-state index in [9.17, 15) is 4.79 Å². The highest BCUT2D eigenvalue weighted by atomic mass is 16.6. The van der Waals surface area contributed by atoms with Crippen LogP contribution in [0.5, 0.6) is 0 Å². The summed E-state index contributed by atoms with van der Waals surface area (Å²) in [5.41, 5.74) is 0. The number of hydrogen-bond acceptors (Lipinski definition) is 5. The average Bonchev–Trinajstić information content (AvgIpc) is 2.82. The van der Waals surface area contributed by atoms with Crippen molar-refractivity contribution in [3.05, 3.63) is 0 Å². The lowest BCUT2D eigenvalue weighted by Crippen LogP contribution is -2.40. The summed E-state index contributed by atoms with van der Waals surface area (Å²) in [6, 6.07) is 0. The van der Waals surface area contributed by atoms with Gasteiger partial charge >= 0.3 is 0 Å². The van der Waals surface area contributed by atoms with Crippen LogP contribution in [-0.2, 0) is 23.7 Å². The second-order valence-electron chi connectivity index (χ2n) is 7.64. The first-order chi connectivity index (χ1) is 12.3. The minimum Gasteiger partial charge on any atom is -0.376 e. The molecule has 0 spiro atoms. The van der Waals surface area contributed by atoms with Gasteiger partial charge < -0.3 is 24.3 Å². The van der Waals surface area contributed by atoms with Crippen molar-refractivity contribution < 1.29 is 23.7 Å². The Bertz CT molecular complexity index is 388. The Morgan fingerprint density at radius 1 is 1.04 bits per heavy atom. The number of carbonyl (C=O) groups excluding carboxylic acids is 1. The molecule has 6 heteroatoms. The SMILES string of the molecule is CC(=O)NCCCCCCO[C@H]1[C@H](C)OC(COC(C)C)[C@H]1OC(C)C. The average molecular weight is 374 g/mol. The van der Waals surface area contributed by atoms with Crippen molar-refractivity contribution in [2.24, 2.45) is 0 Å². The van der Waals surface area contributed by atoms with Gasteiger partial charge in [0.25, 0.3) is 0 Å². The molecule has 1 rings (SSSR count). The maximum Gasteiger partial charge on any atom is 0.216 e. The molecule has 0 radical (unpaired) electrons. The molecular weight excluding hydrogens is 334 g/mol. The van der Waals surface area contributed by atoms with Crippen LogP contribution < -0.4 is 5.32 Å². The van der Waals surface area contributed by atoms with Crippen LogP contribution in [0.15, 0.2) is 0 Å². The molecule has 1 heterocycles. The Kier molecular flexibility index (Phi) is 11.4. The first-order valence-corrected chi connectivity index (χ1v) is 10.1. The number of hydrogen-bond donors (Lipinski definition) is 1. The van der Waals surface area contributed by atoms with Gasteiger partial charge in [0.15, 0.2) is 0 Å². The van der Waals surface area contributed by atoms with Crippen LogP contribution in [-0.4, -0.2) is 62.3 Å². The van der Waals surface area contributed by atoms with Crippen LogP contribution in [0.3, 0.4) is 0 Å². The van der Waals surface area contributed by atoms with Gasteiger partial charge in [0.1, 0.15) is 18.3 Å². The van der Waals surface area contributed by atoms with E-state index in [4.69, 9.17) is 18.9 Å². The Labute approximate surface area is 159 Å². The van der Waals surface area contributed by atoms with Gasteiger partial charge in [-0.25, -0.2) is 0 Å². The molecule has 1 unspecified atom stereocenters. The van der Waals surface area contributed by atoms with E-state index in [1.807, 2.05) is 34.6 Å². The van der Waals surface area contributed by atoms with E-state index in [2.05, 4.69) is 5.32 Å². The van der Waals surface area contributed by atoms with Crippen molar-refractivity contribution in [2.45, 2.75) is 104 Å². The van der Waals surface area contributed by atoms with E-state index in [0.29, 0.717) is 13.2 Å². The fraction of sp³-hybridized carbons (Fsp3) is 0.950. The maximum atomic E-state index is 10.8. The standard InChI is InChI=1S/C20H39NO5/c1-14(2)24-13-18-20(25-15(3)4)19(16(5)26-18)23-12-10-8-7-9-11-21-17(6)22/h14-16,18-20H,7-13H2,1-6H3,(H,21,22)/t16-,18?,19-,20+/m0/s1. The summed E-state index contributed by atoms with van der Waals surface area (Å²) in [5.74, 6) is 0.0377. The molecule has 0 aromatic heterocycles. The fourth-order valence-electron chi connectivity index (χ4n) is 3.10. The molecule has 0 saturated carbocycles.